The van der Waals surface area contributed by atoms with Crippen LogP contribution in [0.3, 0.4) is 0 Å². The van der Waals surface area contributed by atoms with E-state index in [-0.39, 0.29) is 0 Å². The van der Waals surface area contributed by atoms with Gasteiger partial charge in [0.25, 0.3) is 0 Å². The van der Waals surface area contributed by atoms with E-state index >= 15 is 0 Å². The summed E-state index contributed by atoms with van der Waals surface area (Å²) in [5.74, 6) is 1.94. The number of aromatic nitrogens is 2. The minimum atomic E-state index is 0.609. The highest BCUT2D eigenvalue weighted by Crippen LogP contribution is 2.19. The van der Waals surface area contributed by atoms with Crippen LogP contribution in [0.2, 0.25) is 0 Å². The largest absolute Gasteiger partial charge is 0.472 e. The van der Waals surface area contributed by atoms with Crippen LogP contribution in [0, 0.1) is 5.92 Å². The average molecular weight is 233 g/mol. The topological polar surface area (TPSA) is 64.1 Å². The van der Waals surface area contributed by atoms with Crippen molar-refractivity contribution in [2.45, 2.75) is 19.3 Å². The molecule has 1 atom stereocenters. The SMILES string of the molecule is c1cc(-c2noc(CC3CCCNC3)n2)co1. The highest BCUT2D eigenvalue weighted by molar-refractivity contribution is 5.51. The van der Waals surface area contributed by atoms with Crippen molar-refractivity contribution in [3.05, 3.63) is 24.5 Å². The average Bonchev–Trinajstić information content (AvgIpc) is 3.00. The number of piperidine rings is 1. The van der Waals surface area contributed by atoms with Crippen LogP contribution >= 0.6 is 0 Å². The molecule has 1 N–H and O–H groups in total. The molecule has 3 heterocycles. The molecule has 0 aliphatic carbocycles. The predicted octanol–water partition coefficient (Wildman–Crippen LogP) is 1.87. The summed E-state index contributed by atoms with van der Waals surface area (Å²) in [4.78, 5) is 4.38. The fourth-order valence-corrected chi connectivity index (χ4v) is 2.19. The highest BCUT2D eigenvalue weighted by atomic mass is 16.5. The van der Waals surface area contributed by atoms with Crippen LogP contribution in [0.4, 0.5) is 0 Å². The number of hydrogen-bond acceptors (Lipinski definition) is 5. The van der Waals surface area contributed by atoms with Gasteiger partial charge in [-0.25, -0.2) is 0 Å². The van der Waals surface area contributed by atoms with Crippen molar-refractivity contribution in [2.75, 3.05) is 13.1 Å². The van der Waals surface area contributed by atoms with Gasteiger partial charge in [0.05, 0.1) is 11.8 Å². The zero-order valence-corrected chi connectivity index (χ0v) is 9.56. The molecule has 0 bridgehead atoms. The molecule has 2 aromatic heterocycles. The lowest BCUT2D eigenvalue weighted by atomic mass is 9.96. The standard InChI is InChI=1S/C12H15N3O2/c1-2-9(7-13-4-1)6-11-14-12(15-17-11)10-3-5-16-8-10/h3,5,8-9,13H,1-2,4,6-7H2. The van der Waals surface area contributed by atoms with Gasteiger partial charge < -0.3 is 14.3 Å². The first kappa shape index (κ1) is 10.5. The third-order valence-electron chi connectivity index (χ3n) is 3.11. The summed E-state index contributed by atoms with van der Waals surface area (Å²) in [6.45, 7) is 2.17. The van der Waals surface area contributed by atoms with E-state index in [4.69, 9.17) is 8.94 Å². The third-order valence-corrected chi connectivity index (χ3v) is 3.11. The molecule has 5 heteroatoms. The zero-order chi connectivity index (χ0) is 11.5. The molecule has 0 amide bonds. The number of hydrogen-bond donors (Lipinski definition) is 1. The lowest BCUT2D eigenvalue weighted by Crippen LogP contribution is -2.30. The molecule has 1 fully saturated rings. The van der Waals surface area contributed by atoms with Crippen LogP contribution in [0.5, 0.6) is 0 Å². The van der Waals surface area contributed by atoms with Gasteiger partial charge in [-0.15, -0.1) is 0 Å². The van der Waals surface area contributed by atoms with Gasteiger partial charge in [0.15, 0.2) is 0 Å². The van der Waals surface area contributed by atoms with Gasteiger partial charge in [-0.1, -0.05) is 5.16 Å². The summed E-state index contributed by atoms with van der Waals surface area (Å²) in [6, 6.07) is 1.83. The summed E-state index contributed by atoms with van der Waals surface area (Å²) in [7, 11) is 0. The van der Waals surface area contributed by atoms with Gasteiger partial charge in [0, 0.05) is 6.42 Å². The first-order valence-electron chi connectivity index (χ1n) is 5.98. The molecule has 0 spiro atoms. The van der Waals surface area contributed by atoms with Crippen LogP contribution in [0.15, 0.2) is 27.5 Å². The van der Waals surface area contributed by atoms with Crippen molar-refractivity contribution in [2.24, 2.45) is 5.92 Å². The maximum atomic E-state index is 5.26. The van der Waals surface area contributed by atoms with E-state index in [0.717, 1.165) is 31.0 Å². The molecule has 5 nitrogen and oxygen atoms in total. The summed E-state index contributed by atoms with van der Waals surface area (Å²) < 4.78 is 10.3. The molecular weight excluding hydrogens is 218 g/mol. The van der Waals surface area contributed by atoms with Crippen molar-refractivity contribution in [1.29, 1.82) is 0 Å². The Balaban J connectivity index is 1.68. The molecule has 0 aromatic carbocycles. The van der Waals surface area contributed by atoms with Crippen molar-refractivity contribution in [3.63, 3.8) is 0 Å². The second-order valence-corrected chi connectivity index (χ2v) is 4.44. The van der Waals surface area contributed by atoms with Gasteiger partial charge in [-0.3, -0.25) is 0 Å². The molecule has 2 aromatic rings. The predicted molar refractivity (Wildman–Crippen MR) is 61.3 cm³/mol. The quantitative estimate of drug-likeness (QED) is 0.876. The van der Waals surface area contributed by atoms with Crippen LogP contribution < -0.4 is 5.32 Å². The van der Waals surface area contributed by atoms with E-state index in [9.17, 15) is 0 Å². The Hall–Kier alpha value is -1.62. The van der Waals surface area contributed by atoms with E-state index in [1.54, 1.807) is 12.5 Å². The Morgan fingerprint density at radius 1 is 1.47 bits per heavy atom. The maximum Gasteiger partial charge on any atom is 0.227 e. The minimum Gasteiger partial charge on any atom is -0.472 e. The molecule has 1 aliphatic heterocycles. The summed E-state index contributed by atoms with van der Waals surface area (Å²) in [5.41, 5.74) is 0.863. The third kappa shape index (κ3) is 2.39. The van der Waals surface area contributed by atoms with Gasteiger partial charge in [0.2, 0.25) is 11.7 Å². The Kier molecular flexibility index (Phi) is 2.92. The van der Waals surface area contributed by atoms with Gasteiger partial charge in [-0.2, -0.15) is 4.98 Å². The van der Waals surface area contributed by atoms with E-state index in [0.29, 0.717) is 11.7 Å². The molecule has 0 radical (unpaired) electrons. The Bertz CT molecular complexity index is 458. The summed E-state index contributed by atoms with van der Waals surface area (Å²) in [6.07, 6.45) is 6.55. The summed E-state index contributed by atoms with van der Waals surface area (Å²) in [5, 5.41) is 7.34. The number of furan rings is 1. The van der Waals surface area contributed by atoms with Crippen molar-refractivity contribution in [1.82, 2.24) is 15.5 Å². The number of nitrogens with one attached hydrogen (secondary N) is 1. The first-order chi connectivity index (χ1) is 8.42. The molecule has 0 saturated carbocycles. The monoisotopic (exact) mass is 233 g/mol. The molecule has 1 unspecified atom stereocenters. The maximum absolute atomic E-state index is 5.26. The molecule has 1 aliphatic rings. The first-order valence-corrected chi connectivity index (χ1v) is 5.98. The van der Waals surface area contributed by atoms with Crippen molar-refractivity contribution in [3.8, 4) is 11.4 Å². The second-order valence-electron chi connectivity index (χ2n) is 4.44. The number of nitrogens with zero attached hydrogens (tertiary/aromatic N) is 2. The number of rotatable bonds is 3. The van der Waals surface area contributed by atoms with E-state index < -0.39 is 0 Å². The van der Waals surface area contributed by atoms with E-state index in [1.165, 1.54) is 12.8 Å². The van der Waals surface area contributed by atoms with Crippen LogP contribution in [-0.4, -0.2) is 23.2 Å². The van der Waals surface area contributed by atoms with Gasteiger partial charge in [0.1, 0.15) is 6.26 Å². The normalized spacial score (nSPS) is 20.6. The van der Waals surface area contributed by atoms with Crippen LogP contribution in [-0.2, 0) is 6.42 Å². The Labute approximate surface area is 99.2 Å². The van der Waals surface area contributed by atoms with Crippen molar-refractivity contribution < 1.29 is 8.94 Å². The Morgan fingerprint density at radius 2 is 2.47 bits per heavy atom. The van der Waals surface area contributed by atoms with Gasteiger partial charge in [-0.05, 0) is 37.9 Å². The Morgan fingerprint density at radius 3 is 3.24 bits per heavy atom. The zero-order valence-electron chi connectivity index (χ0n) is 9.56. The molecule has 3 rings (SSSR count). The second kappa shape index (κ2) is 4.71. The summed E-state index contributed by atoms with van der Waals surface area (Å²) >= 11 is 0. The van der Waals surface area contributed by atoms with Crippen LogP contribution in [0.1, 0.15) is 18.7 Å². The fraction of sp³-hybridized carbons (Fsp3) is 0.500. The lowest BCUT2D eigenvalue weighted by Gasteiger charge is -2.20. The van der Waals surface area contributed by atoms with Crippen molar-refractivity contribution >= 4 is 0 Å². The molecule has 17 heavy (non-hydrogen) atoms. The fourth-order valence-electron chi connectivity index (χ4n) is 2.19. The van der Waals surface area contributed by atoms with E-state index in [2.05, 4.69) is 15.5 Å². The van der Waals surface area contributed by atoms with Crippen LogP contribution in [0.25, 0.3) is 11.4 Å². The van der Waals surface area contributed by atoms with E-state index in [1.807, 2.05) is 6.07 Å². The lowest BCUT2D eigenvalue weighted by molar-refractivity contribution is 0.316. The van der Waals surface area contributed by atoms with Gasteiger partial charge >= 0.3 is 0 Å². The highest BCUT2D eigenvalue weighted by Gasteiger charge is 2.17. The smallest absolute Gasteiger partial charge is 0.227 e. The molecule has 1 saturated heterocycles. The molecular formula is C12H15N3O2. The molecule has 90 valence electrons. The minimum absolute atomic E-state index is 0.609.